The molecule has 0 saturated carbocycles. The van der Waals surface area contributed by atoms with Crippen molar-refractivity contribution in [1.29, 1.82) is 0 Å². The smallest absolute Gasteiger partial charge is 0.455 e. The molecule has 2 fully saturated rings. The second-order valence-corrected chi connectivity index (χ2v) is 8.86. The molecular formula is C12H28N2O18P2. The van der Waals surface area contributed by atoms with Crippen LogP contribution in [0, 0.1) is 0 Å². The predicted octanol–water partition coefficient (Wildman–Crippen LogP) is -5.47. The van der Waals surface area contributed by atoms with Crippen molar-refractivity contribution in [2.45, 2.75) is 48.8 Å². The summed E-state index contributed by atoms with van der Waals surface area (Å²) >= 11 is 0. The summed E-state index contributed by atoms with van der Waals surface area (Å²) in [6.45, 7) is -1.63. The zero-order valence-electron chi connectivity index (χ0n) is 17.1. The van der Waals surface area contributed by atoms with Gasteiger partial charge < -0.3 is 72.0 Å². The molecule has 204 valence electrons. The lowest BCUT2D eigenvalue weighted by molar-refractivity contribution is -0.206. The van der Waals surface area contributed by atoms with Gasteiger partial charge in [-0.2, -0.15) is 0 Å². The fraction of sp³-hybridized carbons (Fsp3) is 0.833. The molecular weight excluding hydrogens is 522 g/mol. The van der Waals surface area contributed by atoms with Crippen LogP contribution in [0.15, 0.2) is 0 Å². The fourth-order valence-electron chi connectivity index (χ4n) is 2.30. The van der Waals surface area contributed by atoms with Crippen LogP contribution in [0.2, 0.25) is 0 Å². The Morgan fingerprint density at radius 2 is 1.21 bits per heavy atom. The van der Waals surface area contributed by atoms with Crippen LogP contribution >= 0.6 is 15.6 Å². The van der Waals surface area contributed by atoms with E-state index in [0.29, 0.717) is 0 Å². The van der Waals surface area contributed by atoms with Crippen LogP contribution in [0.3, 0.4) is 0 Å². The monoisotopic (exact) mass is 550 g/mol. The summed E-state index contributed by atoms with van der Waals surface area (Å²) in [5.41, 5.74) is 0. The van der Waals surface area contributed by atoms with Crippen molar-refractivity contribution in [3.05, 3.63) is 0 Å². The van der Waals surface area contributed by atoms with Gasteiger partial charge in [-0.25, -0.2) is 18.7 Å². The van der Waals surface area contributed by atoms with Gasteiger partial charge in [0.1, 0.15) is 24.4 Å². The Bertz CT molecular complexity index is 757. The van der Waals surface area contributed by atoms with Crippen molar-refractivity contribution in [2.75, 3.05) is 13.2 Å². The number of aliphatic hydroxyl groups is 6. The molecule has 34 heavy (non-hydrogen) atoms. The molecule has 2 rings (SSSR count). The van der Waals surface area contributed by atoms with Crippen molar-refractivity contribution in [3.63, 3.8) is 0 Å². The topological polar surface area (TPSA) is 378 Å². The molecule has 0 bridgehead atoms. The number of carbonyl (C=O) groups is 2. The second-order valence-electron chi connectivity index (χ2n) is 6.38. The lowest BCUT2D eigenvalue weighted by atomic mass is 10.0. The summed E-state index contributed by atoms with van der Waals surface area (Å²) in [5, 5.41) is 55.0. The second kappa shape index (κ2) is 13.8. The highest BCUT2D eigenvalue weighted by atomic mass is 31.2. The minimum Gasteiger partial charge on any atom is -0.455 e. The van der Waals surface area contributed by atoms with Gasteiger partial charge in [-0.3, -0.25) is 9.05 Å². The normalized spacial score (nSPS) is 32.2. The van der Waals surface area contributed by atoms with E-state index >= 15 is 0 Å². The highest BCUT2D eigenvalue weighted by molar-refractivity contribution is 7.46. The first kappa shape index (κ1) is 35.0. The van der Waals surface area contributed by atoms with Crippen LogP contribution in [0.4, 0.5) is 0 Å². The summed E-state index contributed by atoms with van der Waals surface area (Å²) in [6, 6.07) is 0. The van der Waals surface area contributed by atoms with Crippen LogP contribution in [0.1, 0.15) is 0 Å². The maximum atomic E-state index is 10.9. The van der Waals surface area contributed by atoms with E-state index in [0.717, 1.165) is 0 Å². The largest absolute Gasteiger partial charge is 0.469 e. The summed E-state index contributed by atoms with van der Waals surface area (Å²) in [5.74, 6) is -2.31. The van der Waals surface area contributed by atoms with Gasteiger partial charge in [-0.05, 0) is 0 Å². The van der Waals surface area contributed by atoms with Gasteiger partial charge in [0.25, 0.3) is 0 Å². The van der Waals surface area contributed by atoms with E-state index in [2.05, 4.69) is 18.5 Å². The Labute approximate surface area is 190 Å². The zero-order valence-corrected chi connectivity index (χ0v) is 18.9. The Balaban J connectivity index is 0. The number of esters is 2. The molecule has 2 saturated heterocycles. The molecule has 2 aliphatic rings. The van der Waals surface area contributed by atoms with E-state index in [1.165, 1.54) is 0 Å². The molecule has 2 heterocycles. The minimum atomic E-state index is -4.76. The third-order valence-electron chi connectivity index (χ3n) is 3.92. The number of ether oxygens (including phenoxy) is 2. The van der Waals surface area contributed by atoms with E-state index in [1.54, 1.807) is 0 Å². The van der Waals surface area contributed by atoms with Crippen LogP contribution in [0.25, 0.3) is 0 Å². The molecule has 0 unspecified atom stereocenters. The molecule has 0 aromatic rings. The Morgan fingerprint density at radius 1 is 0.765 bits per heavy atom. The van der Waals surface area contributed by atoms with Crippen molar-refractivity contribution >= 4 is 27.6 Å². The number of rotatable bonds is 7. The average Bonchev–Trinajstić information content (AvgIpc) is 2.93. The molecule has 8 atom stereocenters. The number of phosphoric acid groups is 2. The molecule has 0 spiro atoms. The lowest BCUT2D eigenvalue weighted by Gasteiger charge is -2.33. The van der Waals surface area contributed by atoms with Gasteiger partial charge in [0.15, 0.2) is 24.4 Å². The van der Waals surface area contributed by atoms with E-state index in [9.17, 15) is 34.0 Å². The van der Waals surface area contributed by atoms with E-state index in [-0.39, 0.29) is 12.3 Å². The van der Waals surface area contributed by atoms with Crippen molar-refractivity contribution in [1.82, 2.24) is 12.3 Å². The lowest BCUT2D eigenvalue weighted by Crippen LogP contribution is -2.56. The molecule has 0 radical (unpaired) electrons. The number of phosphoric ester groups is 2. The van der Waals surface area contributed by atoms with Gasteiger partial charge in [0.2, 0.25) is 0 Å². The van der Waals surface area contributed by atoms with Crippen LogP contribution in [0.5, 0.6) is 0 Å². The molecule has 20 nitrogen and oxygen atoms in total. The Hall–Kier alpha value is -1.16. The quantitative estimate of drug-likeness (QED) is 0.104. The first-order valence-corrected chi connectivity index (χ1v) is 11.4. The SMILES string of the molecule is N.N.O=C1O[C@H](COP(=O)(O)O)[C@@H](O)[C@H](O)[C@H]1O.O=C1O[C@H]([C@H](O)COP(=O)(O)O)[C@H](O)[C@H]1O. The third-order valence-corrected chi connectivity index (χ3v) is 4.89. The molecule has 0 amide bonds. The highest BCUT2D eigenvalue weighted by Crippen LogP contribution is 2.37. The maximum absolute atomic E-state index is 10.9. The van der Waals surface area contributed by atoms with Gasteiger partial charge in [0.05, 0.1) is 13.2 Å². The summed E-state index contributed by atoms with van der Waals surface area (Å²) in [4.78, 5) is 55.1. The predicted molar refractivity (Wildman–Crippen MR) is 102 cm³/mol. The fourth-order valence-corrected chi connectivity index (χ4v) is 2.99. The molecule has 0 aromatic carbocycles. The molecule has 2 aliphatic heterocycles. The minimum absolute atomic E-state index is 0. The van der Waals surface area contributed by atoms with E-state index in [4.69, 9.17) is 34.9 Å². The van der Waals surface area contributed by atoms with Crippen molar-refractivity contribution in [3.8, 4) is 0 Å². The van der Waals surface area contributed by atoms with Gasteiger partial charge in [-0.15, -0.1) is 0 Å². The Morgan fingerprint density at radius 3 is 1.62 bits per heavy atom. The number of aliphatic hydroxyl groups excluding tert-OH is 6. The highest BCUT2D eigenvalue weighted by Gasteiger charge is 2.47. The summed E-state index contributed by atoms with van der Waals surface area (Å²) in [6.07, 6.45) is -13.4. The van der Waals surface area contributed by atoms with Crippen molar-refractivity contribution in [2.24, 2.45) is 0 Å². The Kier molecular flexibility index (Phi) is 14.2. The number of carbonyl (C=O) groups excluding carboxylic acids is 2. The number of hydrogen-bond donors (Lipinski definition) is 12. The standard InChI is InChI=1S/2C6H11O9P.2H3N/c7-2(1-14-16(11,12)13)5-3(8)4(9)6(10)15-5;7-3-2(1-14-16(11,12)13)15-6(10)5(9)4(3)8;;/h2*2-5,7-9H,1H2,(H2,11,12,13);2*1H3/t2-,3-,4-,5-;2-,3-,4+,5-;;/m11../s1. The molecule has 0 aromatic heterocycles. The first-order chi connectivity index (χ1) is 14.4. The molecule has 22 heteroatoms. The van der Waals surface area contributed by atoms with Crippen LogP contribution in [-0.2, 0) is 37.2 Å². The summed E-state index contributed by atoms with van der Waals surface area (Å²) < 4.78 is 37.4. The van der Waals surface area contributed by atoms with Crippen molar-refractivity contribution < 1.29 is 87.5 Å². The van der Waals surface area contributed by atoms with Gasteiger partial charge in [0, 0.05) is 0 Å². The maximum Gasteiger partial charge on any atom is 0.469 e. The van der Waals surface area contributed by atoms with Gasteiger partial charge in [-0.1, -0.05) is 0 Å². The molecule has 16 N–H and O–H groups in total. The summed E-state index contributed by atoms with van der Waals surface area (Å²) in [7, 11) is -9.51. The average molecular weight is 550 g/mol. The zero-order chi connectivity index (χ0) is 25.0. The number of cyclic esters (lactones) is 2. The van der Waals surface area contributed by atoms with E-state index in [1.807, 2.05) is 0 Å². The number of hydrogen-bond acceptors (Lipinski definition) is 16. The van der Waals surface area contributed by atoms with Crippen LogP contribution in [-0.4, -0.2) is 124 Å². The third kappa shape index (κ3) is 10.6. The first-order valence-electron chi connectivity index (χ1n) is 8.34. The molecule has 0 aliphatic carbocycles. The van der Waals surface area contributed by atoms with Gasteiger partial charge >= 0.3 is 27.6 Å². The van der Waals surface area contributed by atoms with Crippen LogP contribution < -0.4 is 12.3 Å². The van der Waals surface area contributed by atoms with E-state index < -0.39 is 89.6 Å².